The van der Waals surface area contributed by atoms with Crippen LogP contribution in [0.1, 0.15) is 20.3 Å². The lowest BCUT2D eigenvalue weighted by atomic mass is 10.3. The molecule has 0 bridgehead atoms. The summed E-state index contributed by atoms with van der Waals surface area (Å²) in [6.07, 6.45) is 1.03. The highest BCUT2D eigenvalue weighted by Gasteiger charge is 2.07. The van der Waals surface area contributed by atoms with Crippen molar-refractivity contribution in [3.05, 3.63) is 21.3 Å². The van der Waals surface area contributed by atoms with Crippen LogP contribution in [-0.2, 0) is 0 Å². The molecule has 0 aliphatic rings. The highest BCUT2D eigenvalue weighted by molar-refractivity contribution is 6.42. The lowest BCUT2D eigenvalue weighted by Crippen LogP contribution is -2.25. The van der Waals surface area contributed by atoms with Crippen LogP contribution >= 0.6 is 34.8 Å². The second kappa shape index (κ2) is 8.05. The zero-order valence-corrected chi connectivity index (χ0v) is 12.9. The summed E-state index contributed by atoms with van der Waals surface area (Å²) >= 11 is 17.7. The summed E-state index contributed by atoms with van der Waals surface area (Å²) in [6, 6.07) is 1.60. The van der Waals surface area contributed by atoms with Gasteiger partial charge in [0.2, 0.25) is 0 Å². The number of hydrogen-bond acceptors (Lipinski definition) is 3. The van der Waals surface area contributed by atoms with Gasteiger partial charge >= 0.3 is 0 Å². The van der Waals surface area contributed by atoms with E-state index < -0.39 is 0 Å². The highest BCUT2D eigenvalue weighted by Crippen LogP contribution is 2.28. The van der Waals surface area contributed by atoms with Gasteiger partial charge in [-0.2, -0.15) is 0 Å². The summed E-state index contributed by atoms with van der Waals surface area (Å²) in [7, 11) is 0. The number of nitrogens with one attached hydrogen (secondary N) is 1. The molecule has 0 fully saturated rings. The molecule has 1 rings (SSSR count). The van der Waals surface area contributed by atoms with Gasteiger partial charge < -0.3 is 10.2 Å². The van der Waals surface area contributed by atoms with Gasteiger partial charge in [0.15, 0.2) is 0 Å². The van der Waals surface area contributed by atoms with Crippen molar-refractivity contribution >= 4 is 40.6 Å². The Morgan fingerprint density at radius 2 is 1.83 bits per heavy atom. The Morgan fingerprint density at radius 3 is 2.44 bits per heavy atom. The zero-order chi connectivity index (χ0) is 13.5. The monoisotopic (exact) mass is 309 g/mol. The van der Waals surface area contributed by atoms with E-state index in [1.54, 1.807) is 6.07 Å². The molecule has 0 atom stereocenters. The fraction of sp³-hybridized carbons (Fsp3) is 0.583. The molecular weight excluding hydrogens is 293 g/mol. The molecule has 0 saturated carbocycles. The quantitative estimate of drug-likeness (QED) is 0.605. The van der Waals surface area contributed by atoms with E-state index in [0.717, 1.165) is 32.6 Å². The first-order chi connectivity index (χ1) is 8.58. The van der Waals surface area contributed by atoms with Crippen LogP contribution in [0.2, 0.25) is 15.2 Å². The number of halogens is 3. The number of aromatic nitrogens is 1. The van der Waals surface area contributed by atoms with Crippen LogP contribution in [0, 0.1) is 0 Å². The van der Waals surface area contributed by atoms with Crippen molar-refractivity contribution in [2.24, 2.45) is 0 Å². The Kier molecular flexibility index (Phi) is 7.08. The number of nitrogens with zero attached hydrogens (tertiary/aromatic N) is 2. The third kappa shape index (κ3) is 4.81. The normalized spacial score (nSPS) is 11.0. The minimum Gasteiger partial charge on any atom is -0.369 e. The molecule has 3 nitrogen and oxygen atoms in total. The lowest BCUT2D eigenvalue weighted by molar-refractivity contribution is 0.303. The highest BCUT2D eigenvalue weighted by atomic mass is 35.5. The van der Waals surface area contributed by atoms with Gasteiger partial charge in [-0.05, 0) is 32.1 Å². The Labute approximate surface area is 123 Å². The predicted octanol–water partition coefficient (Wildman–Crippen LogP) is 4.19. The first kappa shape index (κ1) is 15.8. The molecule has 0 spiro atoms. The van der Waals surface area contributed by atoms with E-state index in [2.05, 4.69) is 29.0 Å². The minimum atomic E-state index is 0.271. The fourth-order valence-electron chi connectivity index (χ4n) is 1.62. The van der Waals surface area contributed by atoms with Crippen molar-refractivity contribution in [1.29, 1.82) is 0 Å². The van der Waals surface area contributed by atoms with Crippen LogP contribution in [0.3, 0.4) is 0 Å². The summed E-state index contributed by atoms with van der Waals surface area (Å²) in [5.41, 5.74) is 0. The molecule has 0 unspecified atom stereocenters. The maximum absolute atomic E-state index is 6.02. The van der Waals surface area contributed by atoms with E-state index in [1.807, 2.05) is 0 Å². The molecule has 102 valence electrons. The van der Waals surface area contributed by atoms with Gasteiger partial charge in [0, 0.05) is 6.54 Å². The molecular formula is C12H18Cl3N3. The second-order valence-electron chi connectivity index (χ2n) is 3.90. The summed E-state index contributed by atoms with van der Waals surface area (Å²) in [5, 5.41) is 4.31. The third-order valence-corrected chi connectivity index (χ3v) is 3.69. The molecule has 6 heteroatoms. The molecule has 1 heterocycles. The molecule has 0 aliphatic carbocycles. The second-order valence-corrected chi connectivity index (χ2v) is 5.07. The number of pyridine rings is 1. The summed E-state index contributed by atoms with van der Waals surface area (Å²) in [5.74, 6) is 0.589. The number of anilines is 1. The van der Waals surface area contributed by atoms with Crippen molar-refractivity contribution in [2.75, 3.05) is 31.5 Å². The average molecular weight is 311 g/mol. The van der Waals surface area contributed by atoms with Gasteiger partial charge in [0.25, 0.3) is 0 Å². The Morgan fingerprint density at radius 1 is 1.17 bits per heavy atom. The third-order valence-electron chi connectivity index (χ3n) is 2.72. The van der Waals surface area contributed by atoms with E-state index in [9.17, 15) is 0 Å². The van der Waals surface area contributed by atoms with Crippen molar-refractivity contribution in [3.8, 4) is 0 Å². The summed E-state index contributed by atoms with van der Waals surface area (Å²) in [4.78, 5) is 6.47. The van der Waals surface area contributed by atoms with Crippen molar-refractivity contribution < 1.29 is 0 Å². The molecule has 1 aromatic heterocycles. The molecule has 0 saturated heterocycles. The maximum Gasteiger partial charge on any atom is 0.150 e. The molecule has 1 aromatic rings. The Bertz CT molecular complexity index is 381. The van der Waals surface area contributed by atoms with Gasteiger partial charge in [0.1, 0.15) is 11.0 Å². The standard InChI is InChI=1S/C12H18Cl3N3/c1-3-18(4-2)7-5-6-16-12-10(14)8-9(13)11(15)17-12/h8H,3-7H2,1-2H3,(H,16,17). The van der Waals surface area contributed by atoms with Gasteiger partial charge in [0.05, 0.1) is 10.0 Å². The number of hydrogen-bond donors (Lipinski definition) is 1. The van der Waals surface area contributed by atoms with E-state index >= 15 is 0 Å². The van der Waals surface area contributed by atoms with E-state index in [-0.39, 0.29) is 5.15 Å². The Balaban J connectivity index is 2.42. The molecule has 0 amide bonds. The van der Waals surface area contributed by atoms with Crippen LogP contribution < -0.4 is 5.32 Å². The van der Waals surface area contributed by atoms with Crippen LogP contribution in [0.5, 0.6) is 0 Å². The van der Waals surface area contributed by atoms with Gasteiger partial charge in [-0.25, -0.2) is 4.98 Å². The summed E-state index contributed by atoms with van der Waals surface area (Å²) in [6.45, 7) is 8.33. The first-order valence-electron chi connectivity index (χ1n) is 6.06. The van der Waals surface area contributed by atoms with Gasteiger partial charge in [-0.15, -0.1) is 0 Å². The van der Waals surface area contributed by atoms with Crippen LogP contribution in [0.4, 0.5) is 5.82 Å². The van der Waals surface area contributed by atoms with Crippen LogP contribution in [-0.4, -0.2) is 36.1 Å². The SMILES string of the molecule is CCN(CC)CCCNc1nc(Cl)c(Cl)cc1Cl. The zero-order valence-electron chi connectivity index (χ0n) is 10.6. The van der Waals surface area contributed by atoms with Gasteiger partial charge in [-0.1, -0.05) is 48.7 Å². The Hall–Kier alpha value is -0.220. The fourth-order valence-corrected chi connectivity index (χ4v) is 2.18. The van der Waals surface area contributed by atoms with E-state index in [4.69, 9.17) is 34.8 Å². The molecule has 18 heavy (non-hydrogen) atoms. The lowest BCUT2D eigenvalue weighted by Gasteiger charge is -2.18. The first-order valence-corrected chi connectivity index (χ1v) is 7.19. The number of rotatable bonds is 7. The summed E-state index contributed by atoms with van der Waals surface area (Å²) < 4.78 is 0. The van der Waals surface area contributed by atoms with E-state index in [1.165, 1.54) is 0 Å². The molecule has 0 aromatic carbocycles. The van der Waals surface area contributed by atoms with Crippen LogP contribution in [0.15, 0.2) is 6.07 Å². The molecule has 0 radical (unpaired) electrons. The van der Waals surface area contributed by atoms with Crippen molar-refractivity contribution in [3.63, 3.8) is 0 Å². The molecule has 0 aliphatic heterocycles. The van der Waals surface area contributed by atoms with Gasteiger partial charge in [-0.3, -0.25) is 0 Å². The average Bonchev–Trinajstić information content (AvgIpc) is 2.35. The largest absolute Gasteiger partial charge is 0.369 e. The molecule has 1 N–H and O–H groups in total. The smallest absolute Gasteiger partial charge is 0.150 e. The van der Waals surface area contributed by atoms with Crippen molar-refractivity contribution in [2.45, 2.75) is 20.3 Å². The maximum atomic E-state index is 6.02. The van der Waals surface area contributed by atoms with Crippen molar-refractivity contribution in [1.82, 2.24) is 9.88 Å². The minimum absolute atomic E-state index is 0.271. The van der Waals surface area contributed by atoms with E-state index in [0.29, 0.717) is 15.9 Å². The predicted molar refractivity (Wildman–Crippen MR) is 80.2 cm³/mol. The van der Waals surface area contributed by atoms with Crippen LogP contribution in [0.25, 0.3) is 0 Å². The topological polar surface area (TPSA) is 28.2 Å².